The fourth-order valence-electron chi connectivity index (χ4n) is 1.47. The zero-order valence-electron chi connectivity index (χ0n) is 10.4. The Kier molecular flexibility index (Phi) is 3.25. The van der Waals surface area contributed by atoms with Crippen molar-refractivity contribution in [2.45, 2.75) is 26.2 Å². The van der Waals surface area contributed by atoms with E-state index in [1.54, 1.807) is 18.2 Å². The number of aromatic nitrogens is 3. The summed E-state index contributed by atoms with van der Waals surface area (Å²) < 4.78 is 1.53. The highest BCUT2D eigenvalue weighted by molar-refractivity contribution is 6.35. The van der Waals surface area contributed by atoms with Crippen LogP contribution in [-0.4, -0.2) is 14.8 Å². The number of nitrogen functional groups attached to an aromatic ring is 1. The van der Waals surface area contributed by atoms with Crippen molar-refractivity contribution in [1.82, 2.24) is 14.8 Å². The molecule has 6 heteroatoms. The van der Waals surface area contributed by atoms with Crippen molar-refractivity contribution in [2.24, 2.45) is 0 Å². The summed E-state index contributed by atoms with van der Waals surface area (Å²) in [5.41, 5.74) is 6.37. The summed E-state index contributed by atoms with van der Waals surface area (Å²) in [5, 5.41) is 5.45. The Bertz CT molecular complexity index is 584. The molecule has 0 saturated heterocycles. The van der Waals surface area contributed by atoms with Crippen molar-refractivity contribution in [1.29, 1.82) is 0 Å². The zero-order valence-corrected chi connectivity index (χ0v) is 11.9. The quantitative estimate of drug-likeness (QED) is 0.873. The molecular formula is C12H14Cl2N4. The molecule has 2 aromatic rings. The lowest BCUT2D eigenvalue weighted by Gasteiger charge is -2.12. The summed E-state index contributed by atoms with van der Waals surface area (Å²) in [4.78, 5) is 4.26. The monoisotopic (exact) mass is 284 g/mol. The molecule has 0 radical (unpaired) electrons. The van der Waals surface area contributed by atoms with E-state index < -0.39 is 0 Å². The molecule has 2 rings (SSSR count). The molecule has 0 aliphatic carbocycles. The number of benzene rings is 1. The van der Waals surface area contributed by atoms with Crippen molar-refractivity contribution < 1.29 is 0 Å². The molecule has 0 spiro atoms. The van der Waals surface area contributed by atoms with E-state index in [0.717, 1.165) is 0 Å². The molecule has 0 unspecified atom stereocenters. The van der Waals surface area contributed by atoms with Gasteiger partial charge in [0.2, 0.25) is 5.95 Å². The highest BCUT2D eigenvalue weighted by Gasteiger charge is 2.22. The molecular weight excluding hydrogens is 271 g/mol. The Balaban J connectivity index is 2.55. The molecule has 18 heavy (non-hydrogen) atoms. The first-order chi connectivity index (χ1) is 8.29. The standard InChI is InChI=1S/C12H14Cl2N4/c1-12(2,3)10-16-11(15)18(17-10)9-5-4-7(13)6-8(9)14/h4-6H,1-3H3,(H2,15,16,17). The first-order valence-electron chi connectivity index (χ1n) is 5.47. The second-order valence-corrected chi connectivity index (χ2v) is 5.89. The minimum absolute atomic E-state index is 0.168. The van der Waals surface area contributed by atoms with Crippen molar-refractivity contribution in [3.63, 3.8) is 0 Å². The van der Waals surface area contributed by atoms with Crippen LogP contribution in [0.1, 0.15) is 26.6 Å². The number of rotatable bonds is 1. The predicted molar refractivity (Wildman–Crippen MR) is 74.5 cm³/mol. The van der Waals surface area contributed by atoms with E-state index in [-0.39, 0.29) is 5.41 Å². The highest BCUT2D eigenvalue weighted by atomic mass is 35.5. The van der Waals surface area contributed by atoms with Gasteiger partial charge in [-0.2, -0.15) is 9.67 Å². The molecule has 96 valence electrons. The normalized spacial score (nSPS) is 11.8. The molecule has 0 atom stereocenters. The second-order valence-electron chi connectivity index (χ2n) is 5.05. The van der Waals surface area contributed by atoms with Gasteiger partial charge in [-0.05, 0) is 18.2 Å². The number of anilines is 1. The molecule has 0 fully saturated rings. The molecule has 1 heterocycles. The highest BCUT2D eigenvalue weighted by Crippen LogP contribution is 2.27. The van der Waals surface area contributed by atoms with Crippen molar-refractivity contribution in [3.05, 3.63) is 34.1 Å². The SMILES string of the molecule is CC(C)(C)c1nc(N)n(-c2ccc(Cl)cc2Cl)n1. The van der Waals surface area contributed by atoms with Crippen molar-refractivity contribution in [3.8, 4) is 5.69 Å². The maximum absolute atomic E-state index is 6.13. The second kappa shape index (κ2) is 4.44. The number of halogens is 2. The number of nitrogens with two attached hydrogens (primary N) is 1. The van der Waals surface area contributed by atoms with Gasteiger partial charge in [0, 0.05) is 10.4 Å². The van der Waals surface area contributed by atoms with E-state index >= 15 is 0 Å². The molecule has 0 aliphatic rings. The molecule has 2 N–H and O–H groups in total. The van der Waals surface area contributed by atoms with E-state index in [2.05, 4.69) is 10.1 Å². The Hall–Kier alpha value is -1.26. The molecule has 1 aromatic heterocycles. The van der Waals surface area contributed by atoms with Gasteiger partial charge in [0.25, 0.3) is 0 Å². The minimum atomic E-state index is -0.168. The minimum Gasteiger partial charge on any atom is -0.368 e. The fraction of sp³-hybridized carbons (Fsp3) is 0.333. The summed E-state index contributed by atoms with van der Waals surface area (Å²) in [7, 11) is 0. The molecule has 4 nitrogen and oxygen atoms in total. The maximum Gasteiger partial charge on any atom is 0.223 e. The smallest absolute Gasteiger partial charge is 0.223 e. The summed E-state index contributed by atoms with van der Waals surface area (Å²) in [6, 6.07) is 5.15. The first kappa shape index (κ1) is 13.2. The van der Waals surface area contributed by atoms with Gasteiger partial charge >= 0.3 is 0 Å². The van der Waals surface area contributed by atoms with Crippen LogP contribution in [0.5, 0.6) is 0 Å². The van der Waals surface area contributed by atoms with Crippen molar-refractivity contribution in [2.75, 3.05) is 5.73 Å². The molecule has 0 amide bonds. The third-order valence-corrected chi connectivity index (χ3v) is 2.98. The number of hydrogen-bond acceptors (Lipinski definition) is 3. The van der Waals surface area contributed by atoms with E-state index in [9.17, 15) is 0 Å². The van der Waals surface area contributed by atoms with Crippen LogP contribution in [0.2, 0.25) is 10.0 Å². The Morgan fingerprint density at radius 2 is 1.89 bits per heavy atom. The van der Waals surface area contributed by atoms with Crippen molar-refractivity contribution >= 4 is 29.2 Å². The van der Waals surface area contributed by atoms with E-state index in [0.29, 0.717) is 27.5 Å². The fourth-order valence-corrected chi connectivity index (χ4v) is 1.96. The van der Waals surface area contributed by atoms with Crippen LogP contribution in [0, 0.1) is 0 Å². The van der Waals surface area contributed by atoms with Gasteiger partial charge in [-0.1, -0.05) is 44.0 Å². The van der Waals surface area contributed by atoms with Crippen LogP contribution in [0.3, 0.4) is 0 Å². The Morgan fingerprint density at radius 3 is 2.39 bits per heavy atom. The van der Waals surface area contributed by atoms with Crippen LogP contribution < -0.4 is 5.73 Å². The van der Waals surface area contributed by atoms with Crippen LogP contribution in [0.4, 0.5) is 5.95 Å². The van der Waals surface area contributed by atoms with Gasteiger partial charge in [-0.25, -0.2) is 0 Å². The summed E-state index contributed by atoms with van der Waals surface area (Å²) in [5.74, 6) is 0.982. The third kappa shape index (κ3) is 2.44. The predicted octanol–water partition coefficient (Wildman–Crippen LogP) is 3.45. The van der Waals surface area contributed by atoms with Crippen LogP contribution in [-0.2, 0) is 5.41 Å². The molecule has 1 aromatic carbocycles. The molecule has 0 bridgehead atoms. The first-order valence-corrected chi connectivity index (χ1v) is 6.23. The van der Waals surface area contributed by atoms with Crippen LogP contribution in [0.25, 0.3) is 5.69 Å². The maximum atomic E-state index is 6.13. The zero-order chi connectivity index (χ0) is 13.5. The molecule has 0 aliphatic heterocycles. The van der Waals surface area contributed by atoms with Crippen LogP contribution >= 0.6 is 23.2 Å². The summed E-state index contributed by atoms with van der Waals surface area (Å²) >= 11 is 12.0. The van der Waals surface area contributed by atoms with Gasteiger partial charge in [0.15, 0.2) is 5.82 Å². The molecule has 0 saturated carbocycles. The summed E-state index contributed by atoms with van der Waals surface area (Å²) in [6.45, 7) is 6.07. The average molecular weight is 285 g/mol. The topological polar surface area (TPSA) is 56.7 Å². The van der Waals surface area contributed by atoms with Gasteiger partial charge in [0.1, 0.15) is 0 Å². The lowest BCUT2D eigenvalue weighted by atomic mass is 9.96. The Labute approximate surface area is 116 Å². The number of nitrogens with zero attached hydrogens (tertiary/aromatic N) is 3. The van der Waals surface area contributed by atoms with E-state index in [4.69, 9.17) is 28.9 Å². The lowest BCUT2D eigenvalue weighted by molar-refractivity contribution is 0.543. The lowest BCUT2D eigenvalue weighted by Crippen LogP contribution is -2.14. The number of hydrogen-bond donors (Lipinski definition) is 1. The van der Waals surface area contributed by atoms with Gasteiger partial charge in [-0.3, -0.25) is 0 Å². The summed E-state index contributed by atoms with van der Waals surface area (Å²) in [6.07, 6.45) is 0. The average Bonchev–Trinajstić information content (AvgIpc) is 2.60. The van der Waals surface area contributed by atoms with Crippen LogP contribution in [0.15, 0.2) is 18.2 Å². The van der Waals surface area contributed by atoms with E-state index in [1.807, 2.05) is 20.8 Å². The third-order valence-electron chi connectivity index (χ3n) is 2.44. The Morgan fingerprint density at radius 1 is 1.22 bits per heavy atom. The largest absolute Gasteiger partial charge is 0.368 e. The van der Waals surface area contributed by atoms with E-state index in [1.165, 1.54) is 4.68 Å². The van der Waals surface area contributed by atoms with Gasteiger partial charge < -0.3 is 5.73 Å². The van der Waals surface area contributed by atoms with Gasteiger partial charge in [-0.15, -0.1) is 5.10 Å². The van der Waals surface area contributed by atoms with Gasteiger partial charge in [0.05, 0.1) is 10.7 Å².